The van der Waals surface area contributed by atoms with E-state index in [4.69, 9.17) is 0 Å². The van der Waals surface area contributed by atoms with Crippen LogP contribution in [0, 0.1) is 13.8 Å². The Morgan fingerprint density at radius 1 is 1.04 bits per heavy atom. The Morgan fingerprint density at radius 2 is 1.78 bits per heavy atom. The van der Waals surface area contributed by atoms with E-state index in [-0.39, 0.29) is 18.4 Å². The number of anilines is 1. The summed E-state index contributed by atoms with van der Waals surface area (Å²) in [6, 6.07) is 13.0. The molecule has 3 N–H and O–H groups in total. The van der Waals surface area contributed by atoms with Crippen molar-refractivity contribution < 1.29 is 9.59 Å². The molecule has 0 fully saturated rings. The van der Waals surface area contributed by atoms with E-state index < -0.39 is 0 Å². The van der Waals surface area contributed by atoms with Crippen LogP contribution in [0.5, 0.6) is 0 Å². The average molecular weight is 376 g/mol. The van der Waals surface area contributed by atoms with E-state index in [1.807, 2.05) is 38.1 Å². The van der Waals surface area contributed by atoms with Gasteiger partial charge in [-0.15, -0.1) is 0 Å². The zero-order valence-electron chi connectivity index (χ0n) is 12.9. The van der Waals surface area contributed by atoms with E-state index in [2.05, 4.69) is 32.1 Å². The van der Waals surface area contributed by atoms with Gasteiger partial charge in [0.1, 0.15) is 0 Å². The zero-order chi connectivity index (χ0) is 16.8. The molecule has 0 atom stereocenters. The Kier molecular flexibility index (Phi) is 5.76. The molecule has 0 radical (unpaired) electrons. The van der Waals surface area contributed by atoms with Gasteiger partial charge < -0.3 is 5.32 Å². The first-order valence-corrected chi connectivity index (χ1v) is 7.91. The summed E-state index contributed by atoms with van der Waals surface area (Å²) in [7, 11) is 0. The van der Waals surface area contributed by atoms with Crippen LogP contribution in [0.4, 0.5) is 5.69 Å². The molecule has 0 saturated heterocycles. The van der Waals surface area contributed by atoms with Crippen molar-refractivity contribution in [3.8, 4) is 0 Å². The number of halogens is 1. The second-order valence-electron chi connectivity index (χ2n) is 5.15. The summed E-state index contributed by atoms with van der Waals surface area (Å²) >= 11 is 3.29. The number of aryl methyl sites for hydroxylation is 2. The Balaban J connectivity index is 1.85. The molecule has 5 nitrogen and oxygen atoms in total. The van der Waals surface area contributed by atoms with Gasteiger partial charge in [-0.2, -0.15) is 0 Å². The van der Waals surface area contributed by atoms with E-state index in [0.717, 1.165) is 16.8 Å². The molecule has 23 heavy (non-hydrogen) atoms. The second-order valence-corrected chi connectivity index (χ2v) is 6.01. The smallest absolute Gasteiger partial charge is 0.270 e. The SMILES string of the molecule is Cc1ccc(C)c(NCC(=O)NNC(=O)c2ccccc2Br)c1. The normalized spacial score (nSPS) is 10.0. The summed E-state index contributed by atoms with van der Waals surface area (Å²) < 4.78 is 0.667. The minimum absolute atomic E-state index is 0.0700. The fourth-order valence-corrected chi connectivity index (χ4v) is 2.45. The lowest BCUT2D eigenvalue weighted by Crippen LogP contribution is -2.44. The van der Waals surface area contributed by atoms with Crippen LogP contribution in [0.15, 0.2) is 46.9 Å². The average Bonchev–Trinajstić information content (AvgIpc) is 2.54. The van der Waals surface area contributed by atoms with E-state index >= 15 is 0 Å². The van der Waals surface area contributed by atoms with Crippen LogP contribution in [-0.2, 0) is 4.79 Å². The first kappa shape index (κ1) is 17.0. The number of benzene rings is 2. The van der Waals surface area contributed by atoms with E-state index in [1.165, 1.54) is 0 Å². The van der Waals surface area contributed by atoms with Crippen LogP contribution in [0.2, 0.25) is 0 Å². The van der Waals surface area contributed by atoms with Crippen molar-refractivity contribution in [1.29, 1.82) is 0 Å². The fourth-order valence-electron chi connectivity index (χ4n) is 1.99. The summed E-state index contributed by atoms with van der Waals surface area (Å²) in [6.07, 6.45) is 0. The molecular weight excluding hydrogens is 358 g/mol. The lowest BCUT2D eigenvalue weighted by atomic mass is 10.1. The molecule has 0 aliphatic carbocycles. The molecule has 2 amide bonds. The minimum Gasteiger partial charge on any atom is -0.376 e. The molecule has 0 spiro atoms. The molecule has 0 bridgehead atoms. The van der Waals surface area contributed by atoms with Gasteiger partial charge in [0.25, 0.3) is 11.8 Å². The van der Waals surface area contributed by atoms with E-state index in [9.17, 15) is 9.59 Å². The highest BCUT2D eigenvalue weighted by Gasteiger charge is 2.10. The van der Waals surface area contributed by atoms with E-state index in [0.29, 0.717) is 10.0 Å². The van der Waals surface area contributed by atoms with Crippen LogP contribution in [-0.4, -0.2) is 18.4 Å². The predicted molar refractivity (Wildman–Crippen MR) is 94.2 cm³/mol. The van der Waals surface area contributed by atoms with Crippen LogP contribution in [0.25, 0.3) is 0 Å². The van der Waals surface area contributed by atoms with Crippen LogP contribution in [0.1, 0.15) is 21.5 Å². The van der Waals surface area contributed by atoms with Gasteiger partial charge in [0.15, 0.2) is 0 Å². The predicted octanol–water partition coefficient (Wildman–Crippen LogP) is 2.94. The maximum Gasteiger partial charge on any atom is 0.270 e. The summed E-state index contributed by atoms with van der Waals surface area (Å²) in [4.78, 5) is 23.8. The molecular formula is C17H18BrN3O2. The molecule has 0 aliphatic rings. The van der Waals surface area contributed by atoms with E-state index in [1.54, 1.807) is 18.2 Å². The van der Waals surface area contributed by atoms with Crippen LogP contribution >= 0.6 is 15.9 Å². The van der Waals surface area contributed by atoms with Crippen molar-refractivity contribution in [3.05, 3.63) is 63.6 Å². The van der Waals surface area contributed by atoms with Gasteiger partial charge in [-0.1, -0.05) is 24.3 Å². The third-order valence-corrected chi connectivity index (χ3v) is 3.96. The number of amides is 2. The minimum atomic E-state index is -0.377. The highest BCUT2D eigenvalue weighted by molar-refractivity contribution is 9.10. The van der Waals surface area contributed by atoms with Crippen molar-refractivity contribution in [2.24, 2.45) is 0 Å². The molecule has 120 valence electrons. The van der Waals surface area contributed by atoms with Gasteiger partial charge in [-0.3, -0.25) is 20.4 Å². The van der Waals surface area contributed by atoms with Crippen molar-refractivity contribution in [2.75, 3.05) is 11.9 Å². The molecule has 0 aliphatic heterocycles. The highest BCUT2D eigenvalue weighted by atomic mass is 79.9. The number of carbonyl (C=O) groups excluding carboxylic acids is 2. The first-order chi connectivity index (χ1) is 11.0. The first-order valence-electron chi connectivity index (χ1n) is 7.12. The number of hydrogen-bond acceptors (Lipinski definition) is 3. The number of nitrogens with one attached hydrogen (secondary N) is 3. The van der Waals surface area contributed by atoms with Crippen LogP contribution < -0.4 is 16.2 Å². The molecule has 6 heteroatoms. The van der Waals surface area contributed by atoms with Gasteiger partial charge in [0.05, 0.1) is 12.1 Å². The zero-order valence-corrected chi connectivity index (χ0v) is 14.5. The molecule has 0 saturated carbocycles. The molecule has 2 aromatic rings. The van der Waals surface area contributed by atoms with Gasteiger partial charge >= 0.3 is 0 Å². The molecule has 0 unspecified atom stereocenters. The highest BCUT2D eigenvalue weighted by Crippen LogP contribution is 2.16. The summed E-state index contributed by atoms with van der Waals surface area (Å²) in [5.41, 5.74) is 8.31. The second kappa shape index (κ2) is 7.78. The monoisotopic (exact) mass is 375 g/mol. The Hall–Kier alpha value is -2.34. The van der Waals surface area contributed by atoms with Crippen molar-refractivity contribution >= 4 is 33.4 Å². The quantitative estimate of drug-likeness (QED) is 0.719. The molecule has 2 aromatic carbocycles. The lowest BCUT2D eigenvalue weighted by molar-refractivity contribution is -0.120. The van der Waals surface area contributed by atoms with Crippen molar-refractivity contribution in [2.45, 2.75) is 13.8 Å². The standard InChI is InChI=1S/C17H18BrN3O2/c1-11-7-8-12(2)15(9-11)19-10-16(22)20-21-17(23)13-5-3-4-6-14(13)18/h3-9,19H,10H2,1-2H3,(H,20,22)(H,21,23). The number of carbonyl (C=O) groups is 2. The van der Waals surface area contributed by atoms with Gasteiger partial charge in [0.2, 0.25) is 0 Å². The summed E-state index contributed by atoms with van der Waals surface area (Å²) in [6.45, 7) is 4.03. The van der Waals surface area contributed by atoms with Gasteiger partial charge in [-0.25, -0.2) is 0 Å². The third-order valence-electron chi connectivity index (χ3n) is 3.27. The molecule has 0 heterocycles. The maximum atomic E-state index is 12.0. The number of hydrazine groups is 1. The third kappa shape index (κ3) is 4.82. The van der Waals surface area contributed by atoms with Crippen molar-refractivity contribution in [1.82, 2.24) is 10.9 Å². The van der Waals surface area contributed by atoms with Crippen molar-refractivity contribution in [3.63, 3.8) is 0 Å². The maximum absolute atomic E-state index is 12.0. The fraction of sp³-hybridized carbons (Fsp3) is 0.176. The Labute approximate surface area is 143 Å². The molecule has 2 rings (SSSR count). The topological polar surface area (TPSA) is 70.2 Å². The van der Waals surface area contributed by atoms with Gasteiger partial charge in [-0.05, 0) is 59.1 Å². The largest absolute Gasteiger partial charge is 0.376 e. The molecule has 0 aromatic heterocycles. The van der Waals surface area contributed by atoms with Gasteiger partial charge in [0, 0.05) is 10.2 Å². The number of hydrogen-bond donors (Lipinski definition) is 3. The van der Waals surface area contributed by atoms with Crippen LogP contribution in [0.3, 0.4) is 0 Å². The summed E-state index contributed by atoms with van der Waals surface area (Å²) in [5.74, 6) is -0.705. The summed E-state index contributed by atoms with van der Waals surface area (Å²) in [5, 5.41) is 3.06. The number of rotatable bonds is 4. The Bertz CT molecular complexity index is 732. The Morgan fingerprint density at radius 3 is 2.52 bits per heavy atom. The lowest BCUT2D eigenvalue weighted by Gasteiger charge is -2.12.